The van der Waals surface area contributed by atoms with Crippen molar-refractivity contribution in [2.24, 2.45) is 11.8 Å². The van der Waals surface area contributed by atoms with Crippen LogP contribution in [-0.4, -0.2) is 44.2 Å². The molecule has 0 saturated carbocycles. The average molecular weight is 572 g/mol. The summed E-state index contributed by atoms with van der Waals surface area (Å²) >= 11 is 0. The van der Waals surface area contributed by atoms with Crippen LogP contribution < -0.4 is 15.5 Å². The first-order valence-corrected chi connectivity index (χ1v) is 14.0. The van der Waals surface area contributed by atoms with E-state index in [9.17, 15) is 22.8 Å². The molecule has 9 heteroatoms. The Morgan fingerprint density at radius 2 is 1.85 bits per heavy atom. The number of hydrogen-bond donors (Lipinski definition) is 2. The topological polar surface area (TPSA) is 70.7 Å². The maximum Gasteiger partial charge on any atom is 0.416 e. The molecule has 0 spiro atoms. The van der Waals surface area contributed by atoms with Crippen LogP contribution in [0.4, 0.5) is 24.5 Å². The van der Waals surface area contributed by atoms with Crippen LogP contribution in [0.3, 0.4) is 0 Å². The smallest absolute Gasteiger partial charge is 0.379 e. The zero-order valence-corrected chi connectivity index (χ0v) is 24.3. The van der Waals surface area contributed by atoms with Crippen molar-refractivity contribution in [3.63, 3.8) is 0 Å². The predicted molar refractivity (Wildman–Crippen MR) is 158 cm³/mol. The molecule has 41 heavy (non-hydrogen) atoms. The van der Waals surface area contributed by atoms with Crippen LogP contribution in [0.5, 0.6) is 0 Å². The van der Waals surface area contributed by atoms with Crippen LogP contribution in [-0.2, 0) is 26.9 Å². The minimum absolute atomic E-state index is 0.0304. The van der Waals surface area contributed by atoms with E-state index in [1.807, 2.05) is 44.0 Å². The molecule has 2 N–H and O–H groups in total. The number of benzene rings is 2. The fourth-order valence-corrected chi connectivity index (χ4v) is 4.76. The fourth-order valence-electron chi connectivity index (χ4n) is 4.76. The van der Waals surface area contributed by atoms with Gasteiger partial charge in [-0.15, -0.1) is 0 Å². The van der Waals surface area contributed by atoms with Gasteiger partial charge in [-0.1, -0.05) is 64.5 Å². The summed E-state index contributed by atoms with van der Waals surface area (Å²) in [5.74, 6) is 0.133. The molecule has 0 aromatic heterocycles. The second-order valence-electron chi connectivity index (χ2n) is 10.9. The molecule has 0 bridgehead atoms. The summed E-state index contributed by atoms with van der Waals surface area (Å²) in [7, 11) is 1.91. The molecule has 222 valence electrons. The van der Waals surface area contributed by atoms with E-state index in [0.29, 0.717) is 36.8 Å². The molecule has 1 unspecified atom stereocenters. The SMILES string of the molecule is CCC(C)COC[C@@H]1Cc2cc(NC(=O)/C=C/C=C/c3ccc(C(F)(F)F)cc3)ccc2N(C)[C@@H](C(C)C)C(=O)N1. The molecule has 1 aliphatic heterocycles. The van der Waals surface area contributed by atoms with E-state index in [0.717, 1.165) is 29.8 Å². The Morgan fingerprint density at radius 3 is 2.49 bits per heavy atom. The number of halogens is 3. The zero-order valence-electron chi connectivity index (χ0n) is 24.3. The molecule has 2 aromatic carbocycles. The number of anilines is 2. The molecule has 0 radical (unpaired) electrons. The molecule has 1 heterocycles. The third-order valence-corrected chi connectivity index (χ3v) is 7.16. The number of ether oxygens (including phenoxy) is 1. The zero-order chi connectivity index (χ0) is 30.2. The summed E-state index contributed by atoms with van der Waals surface area (Å²) in [6.07, 6.45) is 3.28. The highest BCUT2D eigenvalue weighted by Crippen LogP contribution is 2.31. The van der Waals surface area contributed by atoms with Gasteiger partial charge in [0.25, 0.3) is 0 Å². The minimum atomic E-state index is -4.38. The van der Waals surface area contributed by atoms with Crippen molar-refractivity contribution >= 4 is 29.3 Å². The quantitative estimate of drug-likeness (QED) is 0.253. The van der Waals surface area contributed by atoms with E-state index < -0.39 is 11.7 Å². The van der Waals surface area contributed by atoms with Crippen molar-refractivity contribution in [2.75, 3.05) is 30.5 Å². The Balaban J connectivity index is 1.71. The lowest BCUT2D eigenvalue weighted by Crippen LogP contribution is -2.54. The molecule has 0 aliphatic carbocycles. The number of fused-ring (bicyclic) bond motifs is 1. The van der Waals surface area contributed by atoms with Gasteiger partial charge >= 0.3 is 6.18 Å². The minimum Gasteiger partial charge on any atom is -0.379 e. The number of carbonyl (C=O) groups excluding carboxylic acids is 2. The van der Waals surface area contributed by atoms with Gasteiger partial charge in [0.15, 0.2) is 0 Å². The third-order valence-electron chi connectivity index (χ3n) is 7.16. The number of nitrogens with zero attached hydrogens (tertiary/aromatic N) is 1. The monoisotopic (exact) mass is 571 g/mol. The summed E-state index contributed by atoms with van der Waals surface area (Å²) in [5.41, 5.74) is 2.41. The van der Waals surface area contributed by atoms with Crippen LogP contribution in [0, 0.1) is 11.8 Å². The molecule has 0 saturated heterocycles. The van der Waals surface area contributed by atoms with Gasteiger partial charge in [0.05, 0.1) is 18.2 Å². The Hall–Kier alpha value is -3.59. The Labute approximate surface area is 240 Å². The van der Waals surface area contributed by atoms with Gasteiger partial charge in [-0.05, 0) is 59.7 Å². The van der Waals surface area contributed by atoms with Gasteiger partial charge in [0.2, 0.25) is 11.8 Å². The Morgan fingerprint density at radius 1 is 1.15 bits per heavy atom. The number of hydrogen-bond acceptors (Lipinski definition) is 4. The maximum atomic E-state index is 13.2. The first-order chi connectivity index (χ1) is 19.4. The normalized spacial score (nSPS) is 18.8. The summed E-state index contributed by atoms with van der Waals surface area (Å²) in [6.45, 7) is 9.30. The number of likely N-dealkylation sites (N-methyl/N-ethyl adjacent to an activating group) is 1. The fraction of sp³-hybridized carbons (Fsp3) is 0.438. The largest absolute Gasteiger partial charge is 0.416 e. The maximum absolute atomic E-state index is 13.2. The number of rotatable bonds is 10. The number of allylic oxidation sites excluding steroid dienone is 2. The van der Waals surface area contributed by atoms with Gasteiger partial charge in [0, 0.05) is 31.1 Å². The van der Waals surface area contributed by atoms with Gasteiger partial charge < -0.3 is 20.3 Å². The summed E-state index contributed by atoms with van der Waals surface area (Å²) in [4.78, 5) is 27.7. The molecular formula is C32H40F3N3O3. The first kappa shape index (κ1) is 31.9. The van der Waals surface area contributed by atoms with Crippen LogP contribution in [0.2, 0.25) is 0 Å². The molecule has 2 amide bonds. The lowest BCUT2D eigenvalue weighted by atomic mass is 9.95. The molecule has 1 aliphatic rings. The highest BCUT2D eigenvalue weighted by molar-refractivity contribution is 5.99. The van der Waals surface area contributed by atoms with Crippen LogP contribution in [0.15, 0.2) is 60.7 Å². The van der Waals surface area contributed by atoms with E-state index in [2.05, 4.69) is 24.5 Å². The van der Waals surface area contributed by atoms with Gasteiger partial charge in [0.1, 0.15) is 6.04 Å². The molecule has 2 aromatic rings. The Bertz CT molecular complexity index is 1240. The number of alkyl halides is 3. The van der Waals surface area contributed by atoms with E-state index in [-0.39, 0.29) is 29.8 Å². The summed E-state index contributed by atoms with van der Waals surface area (Å²) in [5, 5.41) is 6.03. The van der Waals surface area contributed by atoms with Crippen LogP contribution in [0.25, 0.3) is 6.08 Å². The predicted octanol–water partition coefficient (Wildman–Crippen LogP) is 6.48. The first-order valence-electron chi connectivity index (χ1n) is 14.0. The number of amides is 2. The van der Waals surface area contributed by atoms with Crippen molar-refractivity contribution in [3.05, 3.63) is 77.4 Å². The highest BCUT2D eigenvalue weighted by atomic mass is 19.4. The van der Waals surface area contributed by atoms with Crippen LogP contribution in [0.1, 0.15) is 50.8 Å². The second kappa shape index (κ2) is 14.3. The summed E-state index contributed by atoms with van der Waals surface area (Å²) in [6, 6.07) is 9.87. The third kappa shape index (κ3) is 9.21. The number of nitrogens with one attached hydrogen (secondary N) is 2. The van der Waals surface area contributed by atoms with Crippen molar-refractivity contribution in [1.29, 1.82) is 0 Å². The van der Waals surface area contributed by atoms with E-state index in [1.54, 1.807) is 12.2 Å². The van der Waals surface area contributed by atoms with E-state index in [4.69, 9.17) is 4.74 Å². The van der Waals surface area contributed by atoms with Crippen LogP contribution >= 0.6 is 0 Å². The molecule has 3 atom stereocenters. The van der Waals surface area contributed by atoms with Crippen molar-refractivity contribution < 1.29 is 27.5 Å². The second-order valence-corrected chi connectivity index (χ2v) is 10.9. The highest BCUT2D eigenvalue weighted by Gasteiger charge is 2.33. The lowest BCUT2D eigenvalue weighted by molar-refractivity contribution is -0.137. The molecular weight excluding hydrogens is 531 g/mol. The number of carbonyl (C=O) groups is 2. The van der Waals surface area contributed by atoms with Crippen molar-refractivity contribution in [3.8, 4) is 0 Å². The lowest BCUT2D eigenvalue weighted by Gasteiger charge is -2.37. The van der Waals surface area contributed by atoms with Gasteiger partial charge in [-0.3, -0.25) is 9.59 Å². The van der Waals surface area contributed by atoms with E-state index >= 15 is 0 Å². The van der Waals surface area contributed by atoms with Gasteiger partial charge in [-0.25, -0.2) is 0 Å². The summed E-state index contributed by atoms with van der Waals surface area (Å²) < 4.78 is 44.1. The molecule has 6 nitrogen and oxygen atoms in total. The van der Waals surface area contributed by atoms with E-state index in [1.165, 1.54) is 24.3 Å². The molecule has 0 fully saturated rings. The Kier molecular flexibility index (Phi) is 11.2. The van der Waals surface area contributed by atoms with Gasteiger partial charge in [-0.2, -0.15) is 13.2 Å². The molecule has 3 rings (SSSR count). The van der Waals surface area contributed by atoms with Crippen molar-refractivity contribution in [2.45, 2.75) is 58.8 Å². The average Bonchev–Trinajstić information content (AvgIpc) is 2.90. The standard InChI is InChI=1S/C32H40F3N3O3/c1-6-22(4)19-41-20-27-18-24-17-26(15-16-28(24)38(5)30(21(2)3)31(40)37-27)36-29(39)10-8-7-9-23-11-13-25(14-12-23)32(33,34)35/h7-17,21-22,27,30H,6,18-20H2,1-5H3,(H,36,39)(H,37,40)/b9-7+,10-8+/t22?,27-,30-/m0/s1. The van der Waals surface area contributed by atoms with Crippen molar-refractivity contribution in [1.82, 2.24) is 5.32 Å².